The van der Waals surface area contributed by atoms with E-state index in [0.717, 1.165) is 24.6 Å². The van der Waals surface area contributed by atoms with Crippen LogP contribution in [-0.2, 0) is 6.54 Å². The lowest BCUT2D eigenvalue weighted by Gasteiger charge is -2.17. The highest BCUT2D eigenvalue weighted by Gasteiger charge is 2.27. The van der Waals surface area contributed by atoms with Gasteiger partial charge < -0.3 is 10.2 Å². The van der Waals surface area contributed by atoms with Gasteiger partial charge in [0.1, 0.15) is 5.82 Å². The molecule has 1 N–H and O–H groups in total. The van der Waals surface area contributed by atoms with Crippen LogP contribution in [0.4, 0.5) is 5.82 Å². The van der Waals surface area contributed by atoms with Gasteiger partial charge in [0.15, 0.2) is 0 Å². The molecule has 1 heterocycles. The molecular formula is C13H22N4. The van der Waals surface area contributed by atoms with E-state index in [1.807, 2.05) is 12.4 Å². The van der Waals surface area contributed by atoms with Crippen molar-refractivity contribution in [3.8, 4) is 0 Å². The van der Waals surface area contributed by atoms with E-state index in [1.165, 1.54) is 12.8 Å². The second kappa shape index (κ2) is 5.45. The molecular weight excluding hydrogens is 212 g/mol. The van der Waals surface area contributed by atoms with Crippen molar-refractivity contribution in [2.75, 3.05) is 18.5 Å². The monoisotopic (exact) mass is 234 g/mol. The third-order valence-corrected chi connectivity index (χ3v) is 2.99. The Morgan fingerprint density at radius 3 is 2.82 bits per heavy atom. The summed E-state index contributed by atoms with van der Waals surface area (Å²) in [5.74, 6) is 1.66. The normalized spacial score (nSPS) is 15.3. The lowest BCUT2D eigenvalue weighted by molar-refractivity contribution is 0.547. The van der Waals surface area contributed by atoms with Gasteiger partial charge in [0.05, 0.1) is 11.9 Å². The van der Waals surface area contributed by atoms with Crippen LogP contribution in [0.2, 0.25) is 0 Å². The van der Waals surface area contributed by atoms with E-state index in [1.54, 1.807) is 0 Å². The summed E-state index contributed by atoms with van der Waals surface area (Å²) in [4.78, 5) is 11.1. The van der Waals surface area contributed by atoms with Gasteiger partial charge >= 0.3 is 0 Å². The number of hydrogen-bond donors (Lipinski definition) is 1. The molecule has 0 saturated heterocycles. The molecule has 0 spiro atoms. The molecule has 0 radical (unpaired) electrons. The maximum atomic E-state index is 4.63. The maximum absolute atomic E-state index is 4.63. The van der Waals surface area contributed by atoms with Gasteiger partial charge in [0.2, 0.25) is 0 Å². The summed E-state index contributed by atoms with van der Waals surface area (Å²) in [7, 11) is 2.10. The standard InChI is InChI=1S/C13H22N4/c1-10(2)6-14-7-11-8-15-9-13(16-11)17(3)12-4-5-12/h8-10,12,14H,4-7H2,1-3H3. The number of anilines is 1. The molecule has 0 aliphatic heterocycles. The van der Waals surface area contributed by atoms with Gasteiger partial charge in [-0.2, -0.15) is 0 Å². The summed E-state index contributed by atoms with van der Waals surface area (Å²) in [6.07, 6.45) is 6.27. The van der Waals surface area contributed by atoms with Gasteiger partial charge in [-0.3, -0.25) is 4.98 Å². The average molecular weight is 234 g/mol. The molecule has 0 atom stereocenters. The number of hydrogen-bond acceptors (Lipinski definition) is 4. The molecule has 1 saturated carbocycles. The van der Waals surface area contributed by atoms with Gasteiger partial charge in [-0.1, -0.05) is 13.8 Å². The summed E-state index contributed by atoms with van der Waals surface area (Å²) >= 11 is 0. The smallest absolute Gasteiger partial charge is 0.147 e. The fourth-order valence-corrected chi connectivity index (χ4v) is 1.79. The topological polar surface area (TPSA) is 41.1 Å². The van der Waals surface area contributed by atoms with E-state index in [0.29, 0.717) is 12.0 Å². The molecule has 1 aromatic heterocycles. The van der Waals surface area contributed by atoms with Crippen LogP contribution in [0, 0.1) is 5.92 Å². The second-order valence-corrected chi connectivity index (χ2v) is 5.24. The number of rotatable bonds is 6. The fraction of sp³-hybridized carbons (Fsp3) is 0.692. The minimum atomic E-state index is 0.667. The number of nitrogens with one attached hydrogen (secondary N) is 1. The van der Waals surface area contributed by atoms with Crippen molar-refractivity contribution in [2.45, 2.75) is 39.3 Å². The zero-order valence-corrected chi connectivity index (χ0v) is 11.0. The minimum Gasteiger partial charge on any atom is -0.355 e. The van der Waals surface area contributed by atoms with Gasteiger partial charge in [-0.15, -0.1) is 0 Å². The molecule has 0 bridgehead atoms. The molecule has 1 aromatic rings. The van der Waals surface area contributed by atoms with Crippen LogP contribution < -0.4 is 10.2 Å². The first-order valence-electron chi connectivity index (χ1n) is 6.41. The van der Waals surface area contributed by atoms with Crippen molar-refractivity contribution in [1.82, 2.24) is 15.3 Å². The fourth-order valence-electron chi connectivity index (χ4n) is 1.79. The van der Waals surface area contributed by atoms with Crippen LogP contribution in [0.5, 0.6) is 0 Å². The highest BCUT2D eigenvalue weighted by Crippen LogP contribution is 2.28. The van der Waals surface area contributed by atoms with Crippen molar-refractivity contribution in [3.63, 3.8) is 0 Å². The van der Waals surface area contributed by atoms with Crippen LogP contribution in [-0.4, -0.2) is 29.6 Å². The average Bonchev–Trinajstić information content (AvgIpc) is 3.12. The molecule has 17 heavy (non-hydrogen) atoms. The molecule has 4 heteroatoms. The predicted octanol–water partition coefficient (Wildman–Crippen LogP) is 1.82. The molecule has 0 aromatic carbocycles. The van der Waals surface area contributed by atoms with Crippen molar-refractivity contribution >= 4 is 5.82 Å². The van der Waals surface area contributed by atoms with Crippen molar-refractivity contribution in [3.05, 3.63) is 18.1 Å². The highest BCUT2D eigenvalue weighted by molar-refractivity contribution is 5.38. The summed E-state index contributed by atoms with van der Waals surface area (Å²) in [5, 5.41) is 3.39. The van der Waals surface area contributed by atoms with Crippen LogP contribution in [0.3, 0.4) is 0 Å². The largest absolute Gasteiger partial charge is 0.355 e. The van der Waals surface area contributed by atoms with Gasteiger partial charge in [-0.05, 0) is 25.3 Å². The predicted molar refractivity (Wildman–Crippen MR) is 70.0 cm³/mol. The van der Waals surface area contributed by atoms with E-state index in [2.05, 4.69) is 41.1 Å². The van der Waals surface area contributed by atoms with Crippen molar-refractivity contribution in [2.24, 2.45) is 5.92 Å². The van der Waals surface area contributed by atoms with E-state index >= 15 is 0 Å². The highest BCUT2D eigenvalue weighted by atomic mass is 15.2. The lowest BCUT2D eigenvalue weighted by atomic mass is 10.2. The van der Waals surface area contributed by atoms with E-state index in [9.17, 15) is 0 Å². The number of nitrogens with zero attached hydrogens (tertiary/aromatic N) is 3. The maximum Gasteiger partial charge on any atom is 0.147 e. The van der Waals surface area contributed by atoms with Crippen molar-refractivity contribution in [1.29, 1.82) is 0 Å². The zero-order valence-electron chi connectivity index (χ0n) is 11.0. The Kier molecular flexibility index (Phi) is 3.94. The first kappa shape index (κ1) is 12.3. The Bertz CT molecular complexity index is 360. The third kappa shape index (κ3) is 3.66. The van der Waals surface area contributed by atoms with Gasteiger partial charge in [-0.25, -0.2) is 4.98 Å². The number of aromatic nitrogens is 2. The quantitative estimate of drug-likeness (QED) is 0.815. The van der Waals surface area contributed by atoms with E-state index in [-0.39, 0.29) is 0 Å². The van der Waals surface area contributed by atoms with Crippen LogP contribution in [0.1, 0.15) is 32.4 Å². The lowest BCUT2D eigenvalue weighted by Crippen LogP contribution is -2.23. The Morgan fingerprint density at radius 2 is 2.18 bits per heavy atom. The minimum absolute atomic E-state index is 0.667. The molecule has 2 rings (SSSR count). The first-order valence-corrected chi connectivity index (χ1v) is 6.41. The Balaban J connectivity index is 1.91. The van der Waals surface area contributed by atoms with E-state index in [4.69, 9.17) is 0 Å². The first-order chi connectivity index (χ1) is 8.16. The van der Waals surface area contributed by atoms with Gasteiger partial charge in [0.25, 0.3) is 0 Å². The Labute approximate surface area is 103 Å². The second-order valence-electron chi connectivity index (χ2n) is 5.24. The summed E-state index contributed by atoms with van der Waals surface area (Å²) in [6.45, 7) is 6.23. The van der Waals surface area contributed by atoms with Crippen LogP contribution in [0.25, 0.3) is 0 Å². The van der Waals surface area contributed by atoms with Crippen LogP contribution in [0.15, 0.2) is 12.4 Å². The molecule has 1 aliphatic rings. The summed E-state index contributed by atoms with van der Waals surface area (Å²) in [5.41, 5.74) is 1.02. The third-order valence-electron chi connectivity index (χ3n) is 2.99. The Morgan fingerprint density at radius 1 is 1.41 bits per heavy atom. The molecule has 0 unspecified atom stereocenters. The molecule has 0 amide bonds. The van der Waals surface area contributed by atoms with Gasteiger partial charge in [0, 0.05) is 25.8 Å². The van der Waals surface area contributed by atoms with Crippen molar-refractivity contribution < 1.29 is 0 Å². The summed E-state index contributed by atoms with van der Waals surface area (Å²) in [6, 6.07) is 0.683. The summed E-state index contributed by atoms with van der Waals surface area (Å²) < 4.78 is 0. The Hall–Kier alpha value is -1.16. The molecule has 4 nitrogen and oxygen atoms in total. The molecule has 1 fully saturated rings. The molecule has 94 valence electrons. The SMILES string of the molecule is CC(C)CNCc1cncc(N(C)C2CC2)n1. The molecule has 1 aliphatic carbocycles. The zero-order chi connectivity index (χ0) is 12.3. The van der Waals surface area contributed by atoms with E-state index < -0.39 is 0 Å². The van der Waals surface area contributed by atoms with Crippen LogP contribution >= 0.6 is 0 Å².